The van der Waals surface area contributed by atoms with Crippen molar-refractivity contribution in [3.63, 3.8) is 0 Å². The highest BCUT2D eigenvalue weighted by Gasteiger charge is 2.12. The van der Waals surface area contributed by atoms with Crippen LogP contribution in [0, 0.1) is 6.92 Å². The Labute approximate surface area is 98.9 Å². The van der Waals surface area contributed by atoms with E-state index in [0.29, 0.717) is 11.6 Å². The topological polar surface area (TPSA) is 68.0 Å². The largest absolute Gasteiger partial charge is 0.417 e. The lowest BCUT2D eigenvalue weighted by atomic mass is 10.1. The Kier molecular flexibility index (Phi) is 3.18. The summed E-state index contributed by atoms with van der Waals surface area (Å²) in [6, 6.07) is 7.63. The van der Waals surface area contributed by atoms with Gasteiger partial charge in [-0.1, -0.05) is 19.1 Å². The molecule has 0 bridgehead atoms. The van der Waals surface area contributed by atoms with Gasteiger partial charge in [0.2, 0.25) is 5.89 Å². The number of aryl methyl sites for hydroxylation is 2. The van der Waals surface area contributed by atoms with Gasteiger partial charge in [-0.05, 0) is 24.1 Å². The molecule has 2 rings (SSSR count). The third kappa shape index (κ3) is 2.69. The van der Waals surface area contributed by atoms with Gasteiger partial charge in [0.05, 0.1) is 0 Å². The van der Waals surface area contributed by atoms with Gasteiger partial charge in [0.15, 0.2) is 0 Å². The van der Waals surface area contributed by atoms with E-state index in [1.165, 1.54) is 5.56 Å². The van der Waals surface area contributed by atoms with Gasteiger partial charge in [0.1, 0.15) is 0 Å². The molecule has 0 aliphatic rings. The highest BCUT2D eigenvalue weighted by atomic mass is 16.4. The molecule has 1 N–H and O–H groups in total. The Bertz CT molecular complexity index is 517. The van der Waals surface area contributed by atoms with Crippen LogP contribution in [0.25, 0.3) is 0 Å². The lowest BCUT2D eigenvalue weighted by Crippen LogP contribution is -2.12. The van der Waals surface area contributed by atoms with E-state index < -0.39 is 5.91 Å². The van der Waals surface area contributed by atoms with Crippen LogP contribution in [0.4, 0.5) is 5.69 Å². The average Bonchev–Trinajstić information content (AvgIpc) is 2.77. The van der Waals surface area contributed by atoms with Crippen molar-refractivity contribution in [2.45, 2.75) is 20.3 Å². The Morgan fingerprint density at radius 1 is 1.29 bits per heavy atom. The van der Waals surface area contributed by atoms with Crippen LogP contribution in [0.1, 0.15) is 29.1 Å². The molecule has 0 saturated heterocycles. The van der Waals surface area contributed by atoms with Crippen molar-refractivity contribution >= 4 is 11.6 Å². The van der Waals surface area contributed by atoms with Crippen LogP contribution in [-0.4, -0.2) is 16.1 Å². The summed E-state index contributed by atoms with van der Waals surface area (Å²) >= 11 is 0. The zero-order chi connectivity index (χ0) is 12.3. The van der Waals surface area contributed by atoms with Crippen molar-refractivity contribution < 1.29 is 9.21 Å². The first-order valence-electron chi connectivity index (χ1n) is 5.39. The molecule has 88 valence electrons. The predicted molar refractivity (Wildman–Crippen MR) is 62.8 cm³/mol. The van der Waals surface area contributed by atoms with Crippen LogP contribution < -0.4 is 5.32 Å². The number of nitrogens with zero attached hydrogens (tertiary/aromatic N) is 2. The average molecular weight is 231 g/mol. The molecule has 1 aromatic heterocycles. The molecule has 0 atom stereocenters. The van der Waals surface area contributed by atoms with Gasteiger partial charge in [-0.15, -0.1) is 10.2 Å². The van der Waals surface area contributed by atoms with Crippen molar-refractivity contribution in [1.82, 2.24) is 10.2 Å². The quantitative estimate of drug-likeness (QED) is 0.879. The third-order valence-corrected chi connectivity index (χ3v) is 2.34. The van der Waals surface area contributed by atoms with Crippen LogP contribution in [-0.2, 0) is 6.42 Å². The van der Waals surface area contributed by atoms with Gasteiger partial charge >= 0.3 is 11.8 Å². The molecular weight excluding hydrogens is 218 g/mol. The summed E-state index contributed by atoms with van der Waals surface area (Å²) in [6.45, 7) is 3.72. The molecule has 2 aromatic rings. The van der Waals surface area contributed by atoms with Gasteiger partial charge in [0.25, 0.3) is 0 Å². The molecule has 1 amide bonds. The van der Waals surface area contributed by atoms with Crippen molar-refractivity contribution in [1.29, 1.82) is 0 Å². The Morgan fingerprint density at radius 3 is 2.53 bits per heavy atom. The molecule has 17 heavy (non-hydrogen) atoms. The van der Waals surface area contributed by atoms with Crippen molar-refractivity contribution in [3.05, 3.63) is 41.6 Å². The summed E-state index contributed by atoms with van der Waals surface area (Å²) < 4.78 is 5.03. The number of benzene rings is 1. The number of hydrogen-bond donors (Lipinski definition) is 1. The smallest absolute Gasteiger partial charge is 0.313 e. The standard InChI is InChI=1S/C12H13N3O2/c1-3-9-4-6-10(7-5-9)13-11(16)12-15-14-8(2)17-12/h4-7H,3H2,1-2H3,(H,13,16). The number of amides is 1. The van der Waals surface area contributed by atoms with Crippen LogP contribution >= 0.6 is 0 Å². The molecule has 5 nitrogen and oxygen atoms in total. The fourth-order valence-electron chi connectivity index (χ4n) is 1.40. The van der Waals surface area contributed by atoms with E-state index in [9.17, 15) is 4.79 Å². The normalized spacial score (nSPS) is 10.2. The second kappa shape index (κ2) is 4.78. The van der Waals surface area contributed by atoms with E-state index in [0.717, 1.165) is 6.42 Å². The highest BCUT2D eigenvalue weighted by Crippen LogP contribution is 2.11. The van der Waals surface area contributed by atoms with E-state index in [-0.39, 0.29) is 5.89 Å². The van der Waals surface area contributed by atoms with Crippen LogP contribution in [0.5, 0.6) is 0 Å². The van der Waals surface area contributed by atoms with E-state index in [2.05, 4.69) is 22.4 Å². The molecule has 0 fully saturated rings. The maximum Gasteiger partial charge on any atom is 0.313 e. The molecular formula is C12H13N3O2. The molecule has 5 heteroatoms. The third-order valence-electron chi connectivity index (χ3n) is 2.34. The summed E-state index contributed by atoms with van der Waals surface area (Å²) in [4.78, 5) is 11.7. The highest BCUT2D eigenvalue weighted by molar-refractivity contribution is 6.00. The van der Waals surface area contributed by atoms with E-state index in [1.807, 2.05) is 24.3 Å². The Balaban J connectivity index is 2.07. The summed E-state index contributed by atoms with van der Waals surface area (Å²) in [5.74, 6) is -0.0478. The van der Waals surface area contributed by atoms with Crippen LogP contribution in [0.2, 0.25) is 0 Å². The molecule has 0 radical (unpaired) electrons. The van der Waals surface area contributed by atoms with Crippen molar-refractivity contribution in [2.75, 3.05) is 5.32 Å². The van der Waals surface area contributed by atoms with Gasteiger partial charge in [-0.3, -0.25) is 4.79 Å². The Hall–Kier alpha value is -2.17. The van der Waals surface area contributed by atoms with E-state index >= 15 is 0 Å². The Morgan fingerprint density at radius 2 is 2.00 bits per heavy atom. The maximum atomic E-state index is 11.7. The molecule has 0 aliphatic heterocycles. The van der Waals surface area contributed by atoms with Gasteiger partial charge in [-0.2, -0.15) is 0 Å². The zero-order valence-electron chi connectivity index (χ0n) is 9.73. The van der Waals surface area contributed by atoms with Crippen LogP contribution in [0.15, 0.2) is 28.7 Å². The van der Waals surface area contributed by atoms with Gasteiger partial charge in [-0.25, -0.2) is 0 Å². The molecule has 1 heterocycles. The second-order valence-electron chi connectivity index (χ2n) is 3.63. The minimum absolute atomic E-state index is 0.0259. The minimum atomic E-state index is -0.394. The van der Waals surface area contributed by atoms with Crippen molar-refractivity contribution in [2.24, 2.45) is 0 Å². The molecule has 0 saturated carbocycles. The fraction of sp³-hybridized carbons (Fsp3) is 0.250. The van der Waals surface area contributed by atoms with E-state index in [4.69, 9.17) is 4.42 Å². The number of aromatic nitrogens is 2. The molecule has 0 aliphatic carbocycles. The first kappa shape index (κ1) is 11.3. The SMILES string of the molecule is CCc1ccc(NC(=O)c2nnc(C)o2)cc1. The maximum absolute atomic E-state index is 11.7. The summed E-state index contributed by atoms with van der Waals surface area (Å²) in [7, 11) is 0. The molecule has 1 aromatic carbocycles. The first-order chi connectivity index (χ1) is 8.19. The number of carbonyl (C=O) groups excluding carboxylic acids is 1. The predicted octanol–water partition coefficient (Wildman–Crippen LogP) is 2.19. The number of hydrogen-bond acceptors (Lipinski definition) is 4. The van der Waals surface area contributed by atoms with Crippen molar-refractivity contribution in [3.8, 4) is 0 Å². The summed E-state index contributed by atoms with van der Waals surface area (Å²) in [6.07, 6.45) is 0.969. The fourth-order valence-corrected chi connectivity index (χ4v) is 1.40. The number of anilines is 1. The first-order valence-corrected chi connectivity index (χ1v) is 5.39. The molecule has 0 spiro atoms. The van der Waals surface area contributed by atoms with Gasteiger partial charge in [0, 0.05) is 12.6 Å². The van der Waals surface area contributed by atoms with Crippen LogP contribution in [0.3, 0.4) is 0 Å². The van der Waals surface area contributed by atoms with Gasteiger partial charge < -0.3 is 9.73 Å². The summed E-state index contributed by atoms with van der Waals surface area (Å²) in [5, 5.41) is 9.93. The number of rotatable bonds is 3. The molecule has 0 unspecified atom stereocenters. The lowest BCUT2D eigenvalue weighted by molar-refractivity contribution is 0.0989. The number of carbonyl (C=O) groups is 1. The monoisotopic (exact) mass is 231 g/mol. The zero-order valence-corrected chi connectivity index (χ0v) is 9.73. The van der Waals surface area contributed by atoms with E-state index in [1.54, 1.807) is 6.92 Å². The minimum Gasteiger partial charge on any atom is -0.417 e. The summed E-state index contributed by atoms with van der Waals surface area (Å²) in [5.41, 5.74) is 1.93. The second-order valence-corrected chi connectivity index (χ2v) is 3.63. The number of nitrogens with one attached hydrogen (secondary N) is 1. The lowest BCUT2D eigenvalue weighted by Gasteiger charge is -2.02.